The van der Waals surface area contributed by atoms with Gasteiger partial charge in [0, 0.05) is 6.04 Å². The van der Waals surface area contributed by atoms with E-state index in [1.54, 1.807) is 0 Å². The first kappa shape index (κ1) is 15.0. The lowest BCUT2D eigenvalue weighted by Crippen LogP contribution is -2.30. The second-order valence-electron chi connectivity index (χ2n) is 5.08. The number of nitrogens with two attached hydrogens (primary N) is 1. The van der Waals surface area contributed by atoms with Crippen LogP contribution in [0.15, 0.2) is 0 Å². The minimum atomic E-state index is 0.423. The minimum absolute atomic E-state index is 0.423. The number of unbranched alkanes of at least 4 members (excludes halogenated alkanes) is 1. The molecule has 0 aromatic rings. The molecule has 2 N–H and O–H groups in total. The van der Waals surface area contributed by atoms with Gasteiger partial charge in [-0.3, -0.25) is 0 Å². The maximum absolute atomic E-state index is 6.25. The molecule has 0 aromatic heterocycles. The molecule has 3 atom stereocenters. The molecule has 0 bridgehead atoms. The molecule has 0 aliphatic rings. The van der Waals surface area contributed by atoms with Gasteiger partial charge in [0.05, 0.1) is 0 Å². The van der Waals surface area contributed by atoms with Crippen molar-refractivity contribution in [3.8, 4) is 0 Å². The van der Waals surface area contributed by atoms with E-state index in [0.29, 0.717) is 12.0 Å². The Morgan fingerprint density at radius 2 is 1.67 bits per heavy atom. The van der Waals surface area contributed by atoms with Crippen LogP contribution >= 0.6 is 0 Å². The molecule has 0 spiro atoms. The number of rotatable bonds is 9. The van der Waals surface area contributed by atoms with Crippen molar-refractivity contribution in [3.63, 3.8) is 0 Å². The van der Waals surface area contributed by atoms with Crippen LogP contribution in [0.4, 0.5) is 0 Å². The Hall–Kier alpha value is -0.0400. The second-order valence-corrected chi connectivity index (χ2v) is 5.08. The summed E-state index contributed by atoms with van der Waals surface area (Å²) in [5.74, 6) is 1.56. The van der Waals surface area contributed by atoms with Crippen molar-refractivity contribution in [1.29, 1.82) is 0 Å². The lowest BCUT2D eigenvalue weighted by molar-refractivity contribution is 0.319. The average molecular weight is 213 g/mol. The quantitative estimate of drug-likeness (QED) is 0.605. The molecule has 0 heterocycles. The summed E-state index contributed by atoms with van der Waals surface area (Å²) in [7, 11) is 0. The van der Waals surface area contributed by atoms with E-state index < -0.39 is 0 Å². The van der Waals surface area contributed by atoms with E-state index in [-0.39, 0.29) is 0 Å². The van der Waals surface area contributed by atoms with Crippen LogP contribution in [0.5, 0.6) is 0 Å². The fourth-order valence-corrected chi connectivity index (χ4v) is 2.27. The Kier molecular flexibility index (Phi) is 9.18. The van der Waals surface area contributed by atoms with Crippen LogP contribution < -0.4 is 5.73 Å². The zero-order valence-electron chi connectivity index (χ0n) is 11.3. The van der Waals surface area contributed by atoms with Crippen LogP contribution in [-0.2, 0) is 0 Å². The fraction of sp³-hybridized carbons (Fsp3) is 1.00. The monoisotopic (exact) mass is 213 g/mol. The second kappa shape index (κ2) is 9.21. The molecule has 1 nitrogen and oxygen atoms in total. The van der Waals surface area contributed by atoms with Gasteiger partial charge in [-0.15, -0.1) is 0 Å². The maximum Gasteiger partial charge on any atom is 0.00671 e. The van der Waals surface area contributed by atoms with Crippen LogP contribution in [0, 0.1) is 11.8 Å². The molecule has 3 unspecified atom stereocenters. The Balaban J connectivity index is 3.83. The van der Waals surface area contributed by atoms with Gasteiger partial charge in [0.2, 0.25) is 0 Å². The van der Waals surface area contributed by atoms with Crippen LogP contribution in [-0.4, -0.2) is 6.04 Å². The fourth-order valence-electron chi connectivity index (χ4n) is 2.27. The molecule has 0 aliphatic heterocycles. The standard InChI is InChI=1S/C14H31N/c1-5-8-10-13(7-3)11-14(15)12(4)9-6-2/h12-14H,5-11,15H2,1-4H3. The van der Waals surface area contributed by atoms with E-state index in [9.17, 15) is 0 Å². The highest BCUT2D eigenvalue weighted by molar-refractivity contribution is 4.73. The summed E-state index contributed by atoms with van der Waals surface area (Å²) in [5.41, 5.74) is 6.25. The third-order valence-electron chi connectivity index (χ3n) is 3.62. The van der Waals surface area contributed by atoms with E-state index in [0.717, 1.165) is 5.92 Å². The molecule has 0 aromatic carbocycles. The van der Waals surface area contributed by atoms with Gasteiger partial charge >= 0.3 is 0 Å². The predicted octanol–water partition coefficient (Wildman–Crippen LogP) is 4.36. The Bertz CT molecular complexity index is 133. The van der Waals surface area contributed by atoms with E-state index in [1.165, 1.54) is 44.9 Å². The number of hydrogen-bond acceptors (Lipinski definition) is 1. The van der Waals surface area contributed by atoms with Gasteiger partial charge in [0.1, 0.15) is 0 Å². The van der Waals surface area contributed by atoms with Gasteiger partial charge in [-0.1, -0.05) is 59.8 Å². The van der Waals surface area contributed by atoms with Gasteiger partial charge in [0.25, 0.3) is 0 Å². The van der Waals surface area contributed by atoms with Gasteiger partial charge in [-0.25, -0.2) is 0 Å². The third kappa shape index (κ3) is 6.94. The van der Waals surface area contributed by atoms with Crippen molar-refractivity contribution in [1.82, 2.24) is 0 Å². The molecule has 0 rings (SSSR count). The molecule has 15 heavy (non-hydrogen) atoms. The summed E-state index contributed by atoms with van der Waals surface area (Å²) < 4.78 is 0. The maximum atomic E-state index is 6.25. The summed E-state index contributed by atoms with van der Waals surface area (Å²) >= 11 is 0. The van der Waals surface area contributed by atoms with E-state index >= 15 is 0 Å². The molecule has 0 fully saturated rings. The van der Waals surface area contributed by atoms with Crippen LogP contribution in [0.25, 0.3) is 0 Å². The van der Waals surface area contributed by atoms with Crippen molar-refractivity contribution in [3.05, 3.63) is 0 Å². The molecule has 0 saturated carbocycles. The summed E-state index contributed by atoms with van der Waals surface area (Å²) in [5, 5.41) is 0. The van der Waals surface area contributed by atoms with Crippen molar-refractivity contribution >= 4 is 0 Å². The topological polar surface area (TPSA) is 26.0 Å². The van der Waals surface area contributed by atoms with E-state index in [2.05, 4.69) is 27.7 Å². The zero-order chi connectivity index (χ0) is 11.7. The Morgan fingerprint density at radius 3 is 2.13 bits per heavy atom. The SMILES string of the molecule is CCCCC(CC)CC(N)C(C)CCC. The molecule has 0 saturated heterocycles. The summed E-state index contributed by atoms with van der Waals surface area (Å²) in [4.78, 5) is 0. The molecular formula is C14H31N. The smallest absolute Gasteiger partial charge is 0.00671 e. The van der Waals surface area contributed by atoms with Crippen LogP contribution in [0.2, 0.25) is 0 Å². The van der Waals surface area contributed by atoms with Gasteiger partial charge in [-0.2, -0.15) is 0 Å². The van der Waals surface area contributed by atoms with Crippen LogP contribution in [0.3, 0.4) is 0 Å². The first-order chi connectivity index (χ1) is 7.15. The third-order valence-corrected chi connectivity index (χ3v) is 3.62. The highest BCUT2D eigenvalue weighted by Gasteiger charge is 2.16. The minimum Gasteiger partial charge on any atom is -0.327 e. The molecule has 92 valence electrons. The predicted molar refractivity (Wildman–Crippen MR) is 70.0 cm³/mol. The first-order valence-corrected chi connectivity index (χ1v) is 6.91. The Labute approximate surface area is 96.8 Å². The zero-order valence-corrected chi connectivity index (χ0v) is 11.3. The van der Waals surface area contributed by atoms with Crippen molar-refractivity contribution < 1.29 is 0 Å². The highest BCUT2D eigenvalue weighted by atomic mass is 14.6. The summed E-state index contributed by atoms with van der Waals surface area (Å²) in [6.45, 7) is 9.13. The molecular weight excluding hydrogens is 182 g/mol. The molecule has 1 heteroatoms. The van der Waals surface area contributed by atoms with Gasteiger partial charge < -0.3 is 5.73 Å². The van der Waals surface area contributed by atoms with Gasteiger partial charge in [-0.05, 0) is 24.7 Å². The summed E-state index contributed by atoms with van der Waals surface area (Å²) in [6, 6.07) is 0.423. The average Bonchev–Trinajstić information content (AvgIpc) is 2.24. The molecule has 0 amide bonds. The van der Waals surface area contributed by atoms with Crippen molar-refractivity contribution in [2.75, 3.05) is 0 Å². The largest absolute Gasteiger partial charge is 0.327 e. The molecule has 0 radical (unpaired) electrons. The lowest BCUT2D eigenvalue weighted by Gasteiger charge is -2.24. The highest BCUT2D eigenvalue weighted by Crippen LogP contribution is 2.22. The molecule has 0 aliphatic carbocycles. The lowest BCUT2D eigenvalue weighted by atomic mass is 9.86. The van der Waals surface area contributed by atoms with Crippen LogP contribution in [0.1, 0.15) is 72.6 Å². The van der Waals surface area contributed by atoms with Crippen molar-refractivity contribution in [2.24, 2.45) is 17.6 Å². The van der Waals surface area contributed by atoms with E-state index in [1.807, 2.05) is 0 Å². The van der Waals surface area contributed by atoms with E-state index in [4.69, 9.17) is 5.73 Å². The van der Waals surface area contributed by atoms with Crippen molar-refractivity contribution in [2.45, 2.75) is 78.7 Å². The normalized spacial score (nSPS) is 17.4. The van der Waals surface area contributed by atoms with Gasteiger partial charge in [0.15, 0.2) is 0 Å². The number of hydrogen-bond donors (Lipinski definition) is 1. The Morgan fingerprint density at radius 1 is 1.00 bits per heavy atom. The summed E-state index contributed by atoms with van der Waals surface area (Å²) in [6.07, 6.45) is 9.14. The first-order valence-electron chi connectivity index (χ1n) is 6.91.